The first-order valence-electron chi connectivity index (χ1n) is 9.22. The SMILES string of the molecule is COc1cc2c(=O)c3c(O)c([C@H]4O[C@@H](CO)[C@H](O)[C@@H](O)[C@@H]4O)c(O)cc3oc2cc1O. The highest BCUT2D eigenvalue weighted by Gasteiger charge is 2.46. The van der Waals surface area contributed by atoms with Gasteiger partial charge in [-0.15, -0.1) is 0 Å². The molecule has 5 atom stereocenters. The third-order valence-electron chi connectivity index (χ3n) is 5.43. The summed E-state index contributed by atoms with van der Waals surface area (Å²) in [4.78, 5) is 13.1. The van der Waals surface area contributed by atoms with Crippen molar-refractivity contribution in [2.24, 2.45) is 0 Å². The normalized spacial score (nSPS) is 26.4. The van der Waals surface area contributed by atoms with Crippen LogP contribution in [0.25, 0.3) is 21.9 Å². The van der Waals surface area contributed by atoms with Crippen LogP contribution in [0.5, 0.6) is 23.0 Å². The summed E-state index contributed by atoms with van der Waals surface area (Å²) in [6, 6.07) is 3.37. The average Bonchev–Trinajstić information content (AvgIpc) is 2.73. The van der Waals surface area contributed by atoms with E-state index in [1.165, 1.54) is 13.2 Å². The van der Waals surface area contributed by atoms with E-state index in [1.54, 1.807) is 0 Å². The predicted molar refractivity (Wildman–Crippen MR) is 104 cm³/mol. The number of aromatic hydroxyl groups is 3. The number of benzene rings is 2. The Labute approximate surface area is 173 Å². The van der Waals surface area contributed by atoms with E-state index in [4.69, 9.17) is 13.9 Å². The molecule has 1 aliphatic rings. The second-order valence-corrected chi connectivity index (χ2v) is 7.23. The van der Waals surface area contributed by atoms with E-state index in [1.807, 2.05) is 0 Å². The lowest BCUT2D eigenvalue weighted by Crippen LogP contribution is -2.55. The summed E-state index contributed by atoms with van der Waals surface area (Å²) in [7, 11) is 1.29. The second kappa shape index (κ2) is 7.55. The van der Waals surface area contributed by atoms with Crippen molar-refractivity contribution in [3.05, 3.63) is 34.0 Å². The number of hydrogen-bond donors (Lipinski definition) is 7. The van der Waals surface area contributed by atoms with Crippen molar-refractivity contribution in [2.45, 2.75) is 30.5 Å². The van der Waals surface area contributed by atoms with Gasteiger partial charge in [0.1, 0.15) is 58.6 Å². The minimum Gasteiger partial charge on any atom is -0.507 e. The monoisotopic (exact) mass is 436 g/mol. The van der Waals surface area contributed by atoms with E-state index in [0.29, 0.717) is 0 Å². The van der Waals surface area contributed by atoms with Gasteiger partial charge in [0.05, 0.1) is 24.7 Å². The Morgan fingerprint density at radius 2 is 1.65 bits per heavy atom. The van der Waals surface area contributed by atoms with E-state index in [9.17, 15) is 40.5 Å². The molecule has 11 nitrogen and oxygen atoms in total. The Bertz CT molecular complexity index is 1220. The molecule has 11 heteroatoms. The van der Waals surface area contributed by atoms with Crippen molar-refractivity contribution in [1.82, 2.24) is 0 Å². The largest absolute Gasteiger partial charge is 0.507 e. The fourth-order valence-corrected chi connectivity index (χ4v) is 3.80. The van der Waals surface area contributed by atoms with Crippen LogP contribution in [-0.4, -0.2) is 73.9 Å². The third kappa shape index (κ3) is 3.14. The van der Waals surface area contributed by atoms with Gasteiger partial charge in [-0.3, -0.25) is 4.79 Å². The molecule has 0 bridgehead atoms. The summed E-state index contributed by atoms with van der Waals surface area (Å²) in [5.74, 6) is -1.70. The van der Waals surface area contributed by atoms with Crippen LogP contribution in [0.1, 0.15) is 11.7 Å². The Balaban J connectivity index is 1.97. The van der Waals surface area contributed by atoms with Crippen LogP contribution in [-0.2, 0) is 4.74 Å². The maximum Gasteiger partial charge on any atom is 0.204 e. The summed E-state index contributed by atoms with van der Waals surface area (Å²) < 4.78 is 15.9. The Morgan fingerprint density at radius 1 is 0.968 bits per heavy atom. The van der Waals surface area contributed by atoms with Gasteiger partial charge < -0.3 is 49.6 Å². The van der Waals surface area contributed by atoms with Crippen LogP contribution in [0.4, 0.5) is 0 Å². The lowest BCUT2D eigenvalue weighted by atomic mass is 9.89. The second-order valence-electron chi connectivity index (χ2n) is 7.23. The smallest absolute Gasteiger partial charge is 0.204 e. The molecule has 0 unspecified atom stereocenters. The van der Waals surface area contributed by atoms with E-state index < -0.39 is 59.6 Å². The zero-order chi connectivity index (χ0) is 22.6. The summed E-state index contributed by atoms with van der Waals surface area (Å²) in [5.41, 5.74) is -1.40. The molecular weight excluding hydrogens is 416 g/mol. The fourth-order valence-electron chi connectivity index (χ4n) is 3.80. The number of aliphatic hydroxyl groups excluding tert-OH is 4. The molecule has 0 radical (unpaired) electrons. The number of phenolic OH excluding ortho intramolecular Hbond substituents is 3. The van der Waals surface area contributed by atoms with Gasteiger partial charge in [0.15, 0.2) is 11.5 Å². The number of aliphatic hydroxyl groups is 4. The molecule has 0 spiro atoms. The summed E-state index contributed by atoms with van der Waals surface area (Å²) in [5, 5.41) is 70.6. The van der Waals surface area contributed by atoms with Crippen LogP contribution >= 0.6 is 0 Å². The van der Waals surface area contributed by atoms with Crippen LogP contribution < -0.4 is 10.2 Å². The zero-order valence-electron chi connectivity index (χ0n) is 16.1. The van der Waals surface area contributed by atoms with Gasteiger partial charge in [-0.1, -0.05) is 0 Å². The quantitative estimate of drug-likeness (QED) is 0.264. The molecule has 1 aromatic heterocycles. The topological polar surface area (TPSA) is 190 Å². The molecule has 1 saturated heterocycles. The van der Waals surface area contributed by atoms with Crippen LogP contribution in [0.2, 0.25) is 0 Å². The first-order valence-corrected chi connectivity index (χ1v) is 9.22. The van der Waals surface area contributed by atoms with E-state index in [0.717, 1.165) is 12.1 Å². The van der Waals surface area contributed by atoms with Gasteiger partial charge in [0.25, 0.3) is 0 Å². The molecule has 0 aliphatic carbocycles. The van der Waals surface area contributed by atoms with E-state index in [-0.39, 0.29) is 33.4 Å². The van der Waals surface area contributed by atoms with E-state index >= 15 is 0 Å². The van der Waals surface area contributed by atoms with Crippen molar-refractivity contribution in [3.63, 3.8) is 0 Å². The first-order chi connectivity index (χ1) is 14.7. The molecule has 3 aromatic rings. The summed E-state index contributed by atoms with van der Waals surface area (Å²) in [6.45, 7) is -0.716. The molecule has 1 aliphatic heterocycles. The molecule has 7 N–H and O–H groups in total. The Hall–Kier alpha value is -3.09. The summed E-state index contributed by atoms with van der Waals surface area (Å²) in [6.07, 6.45) is -8.07. The van der Waals surface area contributed by atoms with Crippen LogP contribution in [0.3, 0.4) is 0 Å². The average molecular weight is 436 g/mol. The molecule has 0 saturated carbocycles. The number of fused-ring (bicyclic) bond motifs is 2. The Morgan fingerprint density at radius 3 is 2.29 bits per heavy atom. The molecule has 1 fully saturated rings. The zero-order valence-corrected chi connectivity index (χ0v) is 16.1. The minimum atomic E-state index is -1.79. The van der Waals surface area contributed by atoms with Crippen molar-refractivity contribution < 1.29 is 49.6 Å². The molecule has 2 heterocycles. The number of rotatable bonds is 3. The highest BCUT2D eigenvalue weighted by Crippen LogP contribution is 2.45. The standard InChI is InChI=1S/C20H20O11/c1-29-10-2-6-9(3-7(10)22)30-11-4-8(23)13(17(26)14(11)15(6)24)20-19(28)18(27)16(25)12(5-21)31-20/h2-4,12,16,18-23,25-28H,5H2,1H3/t12-,16-,18+,19-,20+/m0/s1. The van der Waals surface area contributed by atoms with E-state index in [2.05, 4.69) is 0 Å². The lowest BCUT2D eigenvalue weighted by Gasteiger charge is -2.40. The molecule has 31 heavy (non-hydrogen) atoms. The fraction of sp³-hybridized carbons (Fsp3) is 0.350. The van der Waals surface area contributed by atoms with Crippen molar-refractivity contribution in [2.75, 3.05) is 13.7 Å². The Kier molecular flexibility index (Phi) is 5.15. The van der Waals surface area contributed by atoms with Gasteiger partial charge in [-0.05, 0) is 6.07 Å². The predicted octanol–water partition coefficient (Wildman–Crippen LogP) is -0.414. The highest BCUT2D eigenvalue weighted by atomic mass is 16.5. The first kappa shape index (κ1) is 21.2. The maximum atomic E-state index is 13.1. The summed E-state index contributed by atoms with van der Waals surface area (Å²) >= 11 is 0. The van der Waals surface area contributed by atoms with Gasteiger partial charge in [-0.2, -0.15) is 0 Å². The van der Waals surface area contributed by atoms with Crippen molar-refractivity contribution >= 4 is 21.9 Å². The molecule has 0 amide bonds. The van der Waals surface area contributed by atoms with Crippen molar-refractivity contribution in [1.29, 1.82) is 0 Å². The van der Waals surface area contributed by atoms with Gasteiger partial charge >= 0.3 is 0 Å². The molecule has 2 aromatic carbocycles. The van der Waals surface area contributed by atoms with Crippen molar-refractivity contribution in [3.8, 4) is 23.0 Å². The van der Waals surface area contributed by atoms with Gasteiger partial charge in [0.2, 0.25) is 5.43 Å². The third-order valence-corrected chi connectivity index (χ3v) is 5.43. The van der Waals surface area contributed by atoms with Crippen LogP contribution in [0.15, 0.2) is 27.4 Å². The lowest BCUT2D eigenvalue weighted by molar-refractivity contribution is -0.232. The van der Waals surface area contributed by atoms with Gasteiger partial charge in [0, 0.05) is 12.1 Å². The molecule has 166 valence electrons. The number of ether oxygens (including phenoxy) is 2. The minimum absolute atomic E-state index is 0.00780. The number of phenols is 3. The van der Waals surface area contributed by atoms with Gasteiger partial charge in [-0.25, -0.2) is 0 Å². The molecular formula is C20H20O11. The highest BCUT2D eigenvalue weighted by molar-refractivity contribution is 5.96. The van der Waals surface area contributed by atoms with Crippen LogP contribution in [0, 0.1) is 0 Å². The number of methoxy groups -OCH3 is 1. The number of hydrogen-bond acceptors (Lipinski definition) is 11. The molecule has 4 rings (SSSR count). The maximum absolute atomic E-state index is 13.1.